The normalized spacial score (nSPS) is 10.2. The summed E-state index contributed by atoms with van der Waals surface area (Å²) in [6.07, 6.45) is 0. The minimum atomic E-state index is -0.746. The number of nitrogens with one attached hydrogen (secondary N) is 1. The lowest BCUT2D eigenvalue weighted by Gasteiger charge is -2.04. The van der Waals surface area contributed by atoms with Gasteiger partial charge in [0.1, 0.15) is 16.5 Å². The van der Waals surface area contributed by atoms with Crippen molar-refractivity contribution in [2.75, 3.05) is 12.4 Å². The zero-order valence-corrected chi connectivity index (χ0v) is 11.1. The van der Waals surface area contributed by atoms with Crippen molar-refractivity contribution in [1.29, 1.82) is 0 Å². The highest BCUT2D eigenvalue weighted by Gasteiger charge is 2.15. The number of carbonyl (C=O) groups excluding carboxylic acids is 2. The van der Waals surface area contributed by atoms with Crippen molar-refractivity contribution < 1.29 is 23.1 Å². The number of ether oxygens (including phenoxy) is 1. The van der Waals surface area contributed by atoms with Gasteiger partial charge in [-0.25, -0.2) is 13.6 Å². The van der Waals surface area contributed by atoms with Crippen LogP contribution in [0.15, 0.2) is 30.3 Å². The van der Waals surface area contributed by atoms with Crippen LogP contribution < -0.4 is 5.32 Å². The van der Waals surface area contributed by atoms with Crippen LogP contribution in [0, 0.1) is 11.6 Å². The zero-order chi connectivity index (χ0) is 14.7. The average Bonchev–Trinajstić information content (AvgIpc) is 2.91. The lowest BCUT2D eigenvalue weighted by atomic mass is 10.3. The van der Waals surface area contributed by atoms with Gasteiger partial charge in [0.2, 0.25) is 0 Å². The Labute approximate surface area is 117 Å². The van der Waals surface area contributed by atoms with Crippen molar-refractivity contribution in [3.05, 3.63) is 51.7 Å². The van der Waals surface area contributed by atoms with Crippen LogP contribution in [0.25, 0.3) is 0 Å². The molecule has 0 fully saturated rings. The smallest absolute Gasteiger partial charge is 0.348 e. The fourth-order valence-corrected chi connectivity index (χ4v) is 2.27. The van der Waals surface area contributed by atoms with Gasteiger partial charge >= 0.3 is 5.97 Å². The van der Waals surface area contributed by atoms with E-state index in [2.05, 4.69) is 10.1 Å². The molecule has 104 valence electrons. The molecule has 1 aromatic carbocycles. The number of benzene rings is 1. The molecule has 1 N–H and O–H groups in total. The summed E-state index contributed by atoms with van der Waals surface area (Å²) in [5.74, 6) is -2.60. The maximum atomic E-state index is 13.4. The minimum absolute atomic E-state index is 0.189. The van der Waals surface area contributed by atoms with Crippen LogP contribution in [0.3, 0.4) is 0 Å². The van der Waals surface area contributed by atoms with Crippen LogP contribution in [0.5, 0.6) is 0 Å². The van der Waals surface area contributed by atoms with Gasteiger partial charge in [0.25, 0.3) is 5.91 Å². The van der Waals surface area contributed by atoms with E-state index < -0.39 is 23.5 Å². The summed E-state index contributed by atoms with van der Waals surface area (Å²) < 4.78 is 30.9. The van der Waals surface area contributed by atoms with E-state index in [4.69, 9.17) is 0 Å². The third-order valence-corrected chi connectivity index (χ3v) is 3.46. The third kappa shape index (κ3) is 3.00. The molecule has 0 saturated carbocycles. The molecule has 0 aliphatic carbocycles. The van der Waals surface area contributed by atoms with E-state index >= 15 is 0 Å². The second kappa shape index (κ2) is 5.79. The molecule has 4 nitrogen and oxygen atoms in total. The van der Waals surface area contributed by atoms with E-state index in [0.717, 1.165) is 29.5 Å². The number of halogens is 2. The first-order valence-electron chi connectivity index (χ1n) is 5.46. The van der Waals surface area contributed by atoms with Crippen LogP contribution in [0.1, 0.15) is 19.3 Å². The number of hydrogen-bond donors (Lipinski definition) is 1. The summed E-state index contributed by atoms with van der Waals surface area (Å²) in [4.78, 5) is 23.5. The highest BCUT2D eigenvalue weighted by atomic mass is 32.1. The van der Waals surface area contributed by atoms with E-state index in [1.165, 1.54) is 19.2 Å². The second-order valence-electron chi connectivity index (χ2n) is 3.73. The lowest BCUT2D eigenvalue weighted by molar-refractivity contribution is 0.0606. The number of methoxy groups -OCH3 is 1. The summed E-state index contributed by atoms with van der Waals surface area (Å²) >= 11 is 0.900. The van der Waals surface area contributed by atoms with Crippen LogP contribution in [-0.2, 0) is 4.74 Å². The fourth-order valence-electron chi connectivity index (χ4n) is 1.45. The first kappa shape index (κ1) is 14.1. The van der Waals surface area contributed by atoms with Crippen LogP contribution in [-0.4, -0.2) is 19.0 Å². The van der Waals surface area contributed by atoms with Crippen LogP contribution >= 0.6 is 11.3 Å². The van der Waals surface area contributed by atoms with Gasteiger partial charge in [-0.2, -0.15) is 0 Å². The van der Waals surface area contributed by atoms with E-state index in [-0.39, 0.29) is 15.4 Å². The molecule has 7 heteroatoms. The van der Waals surface area contributed by atoms with Gasteiger partial charge in [0.15, 0.2) is 0 Å². The molecule has 0 bridgehead atoms. The van der Waals surface area contributed by atoms with E-state index in [1.54, 1.807) is 0 Å². The number of esters is 1. The molecular formula is C13H9F2NO3S. The van der Waals surface area contributed by atoms with Crippen LogP contribution in [0.2, 0.25) is 0 Å². The SMILES string of the molecule is COC(=O)c1ccc(C(=O)Nc2cc(F)ccc2F)s1. The molecule has 1 aromatic heterocycles. The van der Waals surface area contributed by atoms with Crippen molar-refractivity contribution in [2.45, 2.75) is 0 Å². The van der Waals surface area contributed by atoms with E-state index in [1.807, 2.05) is 0 Å². The highest BCUT2D eigenvalue weighted by molar-refractivity contribution is 7.16. The number of amides is 1. The van der Waals surface area contributed by atoms with Gasteiger partial charge in [0.05, 0.1) is 17.7 Å². The lowest BCUT2D eigenvalue weighted by Crippen LogP contribution is -2.11. The quantitative estimate of drug-likeness (QED) is 0.886. The molecule has 0 aliphatic rings. The van der Waals surface area contributed by atoms with Gasteiger partial charge in [-0.05, 0) is 24.3 Å². The molecular weight excluding hydrogens is 288 g/mol. The predicted octanol–water partition coefficient (Wildman–Crippen LogP) is 3.07. The number of thiophene rings is 1. The summed E-state index contributed by atoms with van der Waals surface area (Å²) in [5, 5.41) is 2.24. The fraction of sp³-hybridized carbons (Fsp3) is 0.0769. The number of anilines is 1. The Hall–Kier alpha value is -2.28. The van der Waals surface area contributed by atoms with Crippen molar-refractivity contribution in [2.24, 2.45) is 0 Å². The maximum Gasteiger partial charge on any atom is 0.348 e. The Morgan fingerprint density at radius 1 is 1.15 bits per heavy atom. The van der Waals surface area contributed by atoms with E-state index in [9.17, 15) is 18.4 Å². The van der Waals surface area contributed by atoms with Crippen molar-refractivity contribution in [1.82, 2.24) is 0 Å². The molecule has 1 heterocycles. The zero-order valence-electron chi connectivity index (χ0n) is 10.3. The number of hydrogen-bond acceptors (Lipinski definition) is 4. The maximum absolute atomic E-state index is 13.4. The summed E-state index contributed by atoms with van der Waals surface area (Å²) in [5.41, 5.74) is -0.261. The van der Waals surface area contributed by atoms with Crippen molar-refractivity contribution in [3.63, 3.8) is 0 Å². The number of carbonyl (C=O) groups is 2. The molecule has 2 rings (SSSR count). The predicted molar refractivity (Wildman–Crippen MR) is 70.0 cm³/mol. The molecule has 0 saturated heterocycles. The summed E-state index contributed by atoms with van der Waals surface area (Å²) in [7, 11) is 1.23. The third-order valence-electron chi connectivity index (χ3n) is 2.39. The first-order valence-corrected chi connectivity index (χ1v) is 6.27. The first-order chi connectivity index (χ1) is 9.51. The molecule has 20 heavy (non-hydrogen) atoms. The molecule has 0 aliphatic heterocycles. The Bertz CT molecular complexity index is 669. The molecule has 0 radical (unpaired) electrons. The molecule has 1 amide bonds. The molecule has 0 spiro atoms. The van der Waals surface area contributed by atoms with E-state index in [0.29, 0.717) is 0 Å². The van der Waals surface area contributed by atoms with Gasteiger partial charge < -0.3 is 10.1 Å². The Kier molecular flexibility index (Phi) is 4.09. The monoisotopic (exact) mass is 297 g/mol. The highest BCUT2D eigenvalue weighted by Crippen LogP contribution is 2.21. The van der Waals surface area contributed by atoms with Gasteiger partial charge in [-0.15, -0.1) is 11.3 Å². The minimum Gasteiger partial charge on any atom is -0.465 e. The molecule has 0 atom stereocenters. The Balaban J connectivity index is 2.18. The number of rotatable bonds is 3. The second-order valence-corrected chi connectivity index (χ2v) is 4.82. The standard InChI is InChI=1S/C13H9F2NO3S/c1-19-13(18)11-5-4-10(20-11)12(17)16-9-6-7(14)2-3-8(9)15/h2-6H,1H3,(H,16,17). The topological polar surface area (TPSA) is 55.4 Å². The summed E-state index contributed by atoms with van der Waals surface area (Å²) in [6.45, 7) is 0. The Morgan fingerprint density at radius 3 is 2.55 bits per heavy atom. The van der Waals surface area contributed by atoms with Crippen LogP contribution in [0.4, 0.5) is 14.5 Å². The average molecular weight is 297 g/mol. The Morgan fingerprint density at radius 2 is 1.85 bits per heavy atom. The van der Waals surface area contributed by atoms with Crippen molar-refractivity contribution >= 4 is 28.9 Å². The molecule has 0 unspecified atom stereocenters. The molecule has 2 aromatic rings. The summed E-state index contributed by atoms with van der Waals surface area (Å²) in [6, 6.07) is 5.57. The largest absolute Gasteiger partial charge is 0.465 e. The van der Waals surface area contributed by atoms with Gasteiger partial charge in [0, 0.05) is 6.07 Å². The van der Waals surface area contributed by atoms with Gasteiger partial charge in [-0.1, -0.05) is 0 Å². The van der Waals surface area contributed by atoms with Crippen molar-refractivity contribution in [3.8, 4) is 0 Å². The van der Waals surface area contributed by atoms with Gasteiger partial charge in [-0.3, -0.25) is 4.79 Å².